The van der Waals surface area contributed by atoms with Gasteiger partial charge in [-0.3, -0.25) is 4.99 Å². The molecule has 23 heavy (non-hydrogen) atoms. The Hall–Kier alpha value is -2.47. The van der Waals surface area contributed by atoms with E-state index in [1.54, 1.807) is 12.4 Å². The van der Waals surface area contributed by atoms with Gasteiger partial charge in [0, 0.05) is 60.3 Å². The second-order valence-corrected chi connectivity index (χ2v) is 6.35. The molecule has 0 saturated carbocycles. The standard InChI is InChI=1S/C17H22N6/c1-17(19)5-3-7-23(11-17)14-4-6-21-16-15(14)13(10-22-16)12(8-18)9-20-2/h4,6,8-10,18H,2-3,5,7,11,19H2,1H3,(H,21,22)/b12-9+,18-8?. The Morgan fingerprint density at radius 3 is 3.13 bits per heavy atom. The summed E-state index contributed by atoms with van der Waals surface area (Å²) in [6.45, 7) is 7.36. The molecule has 1 unspecified atom stereocenters. The highest BCUT2D eigenvalue weighted by Crippen LogP contribution is 2.34. The normalized spacial score (nSPS) is 22.3. The van der Waals surface area contributed by atoms with Crippen LogP contribution in [0.5, 0.6) is 0 Å². The van der Waals surface area contributed by atoms with Gasteiger partial charge in [0.2, 0.25) is 0 Å². The molecule has 6 nitrogen and oxygen atoms in total. The second kappa shape index (κ2) is 5.96. The van der Waals surface area contributed by atoms with Gasteiger partial charge in [-0.25, -0.2) is 4.98 Å². The fourth-order valence-electron chi connectivity index (χ4n) is 3.29. The summed E-state index contributed by atoms with van der Waals surface area (Å²) < 4.78 is 0. The number of allylic oxidation sites excluding steroid dienone is 1. The van der Waals surface area contributed by atoms with Gasteiger partial charge in [0.05, 0.1) is 5.39 Å². The first-order valence-electron chi connectivity index (χ1n) is 7.72. The molecule has 6 heteroatoms. The average molecular weight is 310 g/mol. The third-order valence-corrected chi connectivity index (χ3v) is 4.32. The van der Waals surface area contributed by atoms with Gasteiger partial charge in [0.25, 0.3) is 0 Å². The Labute approximate surface area is 135 Å². The molecule has 120 valence electrons. The van der Waals surface area contributed by atoms with E-state index in [0.717, 1.165) is 48.2 Å². The maximum atomic E-state index is 7.64. The molecule has 3 heterocycles. The van der Waals surface area contributed by atoms with Crippen molar-refractivity contribution in [3.8, 4) is 0 Å². The van der Waals surface area contributed by atoms with Gasteiger partial charge in [-0.05, 0) is 32.5 Å². The molecule has 2 aromatic heterocycles. The predicted molar refractivity (Wildman–Crippen MR) is 96.4 cm³/mol. The van der Waals surface area contributed by atoms with E-state index in [2.05, 4.69) is 33.5 Å². The third-order valence-electron chi connectivity index (χ3n) is 4.32. The topological polar surface area (TPSA) is 94.1 Å². The van der Waals surface area contributed by atoms with Gasteiger partial charge in [-0.1, -0.05) is 0 Å². The highest BCUT2D eigenvalue weighted by atomic mass is 15.2. The van der Waals surface area contributed by atoms with E-state index in [0.29, 0.717) is 5.57 Å². The molecule has 0 aliphatic carbocycles. The summed E-state index contributed by atoms with van der Waals surface area (Å²) in [6, 6.07) is 2.02. The Bertz CT molecular complexity index is 770. The van der Waals surface area contributed by atoms with Crippen LogP contribution >= 0.6 is 0 Å². The number of pyridine rings is 1. The van der Waals surface area contributed by atoms with Gasteiger partial charge in [-0.15, -0.1) is 0 Å². The van der Waals surface area contributed by atoms with E-state index in [4.69, 9.17) is 11.1 Å². The highest BCUT2D eigenvalue weighted by Gasteiger charge is 2.28. The fourth-order valence-corrected chi connectivity index (χ4v) is 3.29. The molecule has 1 aliphatic rings. The van der Waals surface area contributed by atoms with E-state index in [1.165, 1.54) is 6.21 Å². The van der Waals surface area contributed by atoms with Crippen LogP contribution in [0.4, 0.5) is 5.69 Å². The largest absolute Gasteiger partial charge is 0.369 e. The molecule has 2 aromatic rings. The van der Waals surface area contributed by atoms with Gasteiger partial charge >= 0.3 is 0 Å². The van der Waals surface area contributed by atoms with Gasteiger partial charge in [0.15, 0.2) is 0 Å². The predicted octanol–water partition coefficient (Wildman–Crippen LogP) is 2.57. The van der Waals surface area contributed by atoms with Crippen molar-refractivity contribution >= 4 is 35.2 Å². The summed E-state index contributed by atoms with van der Waals surface area (Å²) in [5, 5.41) is 8.65. The number of hydrogen-bond acceptors (Lipinski definition) is 5. The van der Waals surface area contributed by atoms with Gasteiger partial charge < -0.3 is 21.0 Å². The highest BCUT2D eigenvalue weighted by molar-refractivity contribution is 6.15. The van der Waals surface area contributed by atoms with Crippen LogP contribution in [0.3, 0.4) is 0 Å². The Balaban J connectivity index is 2.14. The van der Waals surface area contributed by atoms with Crippen molar-refractivity contribution in [2.24, 2.45) is 10.7 Å². The minimum Gasteiger partial charge on any atom is -0.369 e. The smallest absolute Gasteiger partial charge is 0.139 e. The van der Waals surface area contributed by atoms with Crippen molar-refractivity contribution in [3.05, 3.63) is 30.2 Å². The van der Waals surface area contributed by atoms with Crippen molar-refractivity contribution in [1.29, 1.82) is 5.41 Å². The van der Waals surface area contributed by atoms with Crippen LogP contribution in [0.1, 0.15) is 25.3 Å². The second-order valence-electron chi connectivity index (χ2n) is 6.35. The van der Waals surface area contributed by atoms with Crippen LogP contribution in [0.15, 0.2) is 29.7 Å². The summed E-state index contributed by atoms with van der Waals surface area (Å²) >= 11 is 0. The third kappa shape index (κ3) is 2.90. The Kier molecular flexibility index (Phi) is 4.00. The number of nitrogens with one attached hydrogen (secondary N) is 2. The lowest BCUT2D eigenvalue weighted by Gasteiger charge is -2.39. The molecular weight excluding hydrogens is 288 g/mol. The van der Waals surface area contributed by atoms with E-state index in [9.17, 15) is 0 Å². The summed E-state index contributed by atoms with van der Waals surface area (Å²) in [7, 11) is 0. The van der Waals surface area contributed by atoms with Crippen LogP contribution in [0.2, 0.25) is 0 Å². The molecule has 4 N–H and O–H groups in total. The lowest BCUT2D eigenvalue weighted by molar-refractivity contribution is 0.375. The molecule has 0 radical (unpaired) electrons. The van der Waals surface area contributed by atoms with Crippen LogP contribution in [0.25, 0.3) is 16.6 Å². The monoisotopic (exact) mass is 310 g/mol. The summed E-state index contributed by atoms with van der Waals surface area (Å²) in [4.78, 5) is 13.7. The van der Waals surface area contributed by atoms with Crippen molar-refractivity contribution in [3.63, 3.8) is 0 Å². The van der Waals surface area contributed by atoms with Crippen molar-refractivity contribution in [2.75, 3.05) is 18.0 Å². The maximum Gasteiger partial charge on any atom is 0.139 e. The van der Waals surface area contributed by atoms with Crippen molar-refractivity contribution < 1.29 is 0 Å². The van der Waals surface area contributed by atoms with Crippen molar-refractivity contribution in [2.45, 2.75) is 25.3 Å². The van der Waals surface area contributed by atoms with Crippen LogP contribution in [-0.2, 0) is 0 Å². The lowest BCUT2D eigenvalue weighted by atomic mass is 9.91. The quantitative estimate of drug-likeness (QED) is 0.757. The van der Waals surface area contributed by atoms with Crippen LogP contribution < -0.4 is 10.6 Å². The Morgan fingerprint density at radius 2 is 2.43 bits per heavy atom. The minimum atomic E-state index is -0.187. The minimum absolute atomic E-state index is 0.187. The average Bonchev–Trinajstić information content (AvgIpc) is 2.95. The molecule has 3 rings (SSSR count). The molecule has 0 spiro atoms. The first kappa shape index (κ1) is 15.4. The number of piperidine rings is 1. The van der Waals surface area contributed by atoms with E-state index in [1.807, 2.05) is 12.3 Å². The number of fused-ring (bicyclic) bond motifs is 1. The number of H-pyrrole nitrogens is 1. The fraction of sp³-hybridized carbons (Fsp3) is 0.353. The molecule has 1 aliphatic heterocycles. The Morgan fingerprint density at radius 1 is 1.61 bits per heavy atom. The number of aliphatic imine (C=N–C) groups is 1. The molecule has 1 atom stereocenters. The number of rotatable bonds is 4. The van der Waals surface area contributed by atoms with Crippen LogP contribution in [-0.4, -0.2) is 41.5 Å². The molecule has 0 amide bonds. The zero-order valence-corrected chi connectivity index (χ0v) is 13.3. The van der Waals surface area contributed by atoms with Gasteiger partial charge in [0.1, 0.15) is 5.65 Å². The zero-order chi connectivity index (χ0) is 16.4. The molecule has 0 aromatic carbocycles. The molecule has 1 fully saturated rings. The van der Waals surface area contributed by atoms with E-state index in [-0.39, 0.29) is 5.54 Å². The SMILES string of the molecule is C=N/C=C(\C=N)c1c[nH]c2nccc(N3CCCC(C)(N)C3)c12. The number of nitrogens with zero attached hydrogens (tertiary/aromatic N) is 3. The van der Waals surface area contributed by atoms with E-state index < -0.39 is 0 Å². The number of hydrogen-bond donors (Lipinski definition) is 3. The summed E-state index contributed by atoms with van der Waals surface area (Å²) in [6.07, 6.45) is 8.66. The van der Waals surface area contributed by atoms with Gasteiger partial charge in [-0.2, -0.15) is 0 Å². The lowest BCUT2D eigenvalue weighted by Crippen LogP contribution is -2.52. The number of aromatic amines is 1. The number of nitrogens with two attached hydrogens (primary N) is 1. The van der Waals surface area contributed by atoms with Crippen molar-refractivity contribution in [1.82, 2.24) is 9.97 Å². The van der Waals surface area contributed by atoms with Crippen LogP contribution in [0, 0.1) is 5.41 Å². The molecule has 1 saturated heterocycles. The zero-order valence-electron chi connectivity index (χ0n) is 13.3. The summed E-state index contributed by atoms with van der Waals surface area (Å²) in [5.74, 6) is 0. The first-order valence-corrected chi connectivity index (χ1v) is 7.72. The first-order chi connectivity index (χ1) is 11.1. The maximum absolute atomic E-state index is 7.64. The number of aromatic nitrogens is 2. The molecule has 0 bridgehead atoms. The van der Waals surface area contributed by atoms with E-state index >= 15 is 0 Å². The number of anilines is 1. The summed E-state index contributed by atoms with van der Waals surface area (Å²) in [5.41, 5.74) is 9.69. The molecular formula is C17H22N6.